The Kier molecular flexibility index (Phi) is 5.10. The zero-order chi connectivity index (χ0) is 19.7. The second-order valence-corrected chi connectivity index (χ2v) is 7.82. The summed E-state index contributed by atoms with van der Waals surface area (Å²) >= 11 is 1.55. The molecule has 0 saturated heterocycles. The monoisotopic (exact) mass is 399 g/mol. The maximum Gasteiger partial charge on any atom is 0.251 e. The van der Waals surface area contributed by atoms with Gasteiger partial charge in [0.2, 0.25) is 5.13 Å². The summed E-state index contributed by atoms with van der Waals surface area (Å²) in [5, 5.41) is 16.8. The van der Waals surface area contributed by atoms with E-state index in [2.05, 4.69) is 15.4 Å². The lowest BCUT2D eigenvalue weighted by Gasteiger charge is -2.09. The Morgan fingerprint density at radius 3 is 3.04 bits per heavy atom. The van der Waals surface area contributed by atoms with Crippen molar-refractivity contribution >= 4 is 17.2 Å². The number of nitrogens with one attached hydrogen (secondary N) is 1. The van der Waals surface area contributed by atoms with Gasteiger partial charge in [0.25, 0.3) is 5.91 Å². The Balaban J connectivity index is 1.73. The first kappa shape index (κ1) is 18.6. The standard InChI is InChI=1S/C19H21N5O3S/c1-11(2)17-21-10-24(23-17)19-22-16-13-9-12(18(26)20-6-7-25)3-4-14(13)27-8-5-15(16)28-19/h3-4,9-11,25H,5-8H2,1-2H3,(H,20,26). The van der Waals surface area contributed by atoms with Gasteiger partial charge in [0.1, 0.15) is 12.1 Å². The molecule has 8 nitrogen and oxygen atoms in total. The van der Waals surface area contributed by atoms with E-state index in [9.17, 15) is 4.79 Å². The minimum absolute atomic E-state index is 0.102. The van der Waals surface area contributed by atoms with Gasteiger partial charge in [-0.05, 0) is 18.2 Å². The molecule has 146 valence electrons. The van der Waals surface area contributed by atoms with E-state index in [1.165, 1.54) is 0 Å². The summed E-state index contributed by atoms with van der Waals surface area (Å²) in [6, 6.07) is 5.30. The van der Waals surface area contributed by atoms with Crippen molar-refractivity contribution in [3.63, 3.8) is 0 Å². The number of ether oxygens (including phenoxy) is 1. The molecular weight excluding hydrogens is 378 g/mol. The molecule has 0 bridgehead atoms. The molecule has 0 unspecified atom stereocenters. The highest BCUT2D eigenvalue weighted by Crippen LogP contribution is 2.39. The summed E-state index contributed by atoms with van der Waals surface area (Å²) in [5.74, 6) is 1.48. The van der Waals surface area contributed by atoms with Gasteiger partial charge in [-0.15, -0.1) is 5.10 Å². The Morgan fingerprint density at radius 1 is 1.43 bits per heavy atom. The highest BCUT2D eigenvalue weighted by atomic mass is 32.1. The molecule has 3 heterocycles. The van der Waals surface area contributed by atoms with E-state index in [0.717, 1.165) is 33.5 Å². The lowest BCUT2D eigenvalue weighted by atomic mass is 10.1. The highest BCUT2D eigenvalue weighted by Gasteiger charge is 2.23. The molecule has 2 N–H and O–H groups in total. The van der Waals surface area contributed by atoms with Crippen molar-refractivity contribution in [2.45, 2.75) is 26.2 Å². The smallest absolute Gasteiger partial charge is 0.251 e. The molecule has 3 aromatic rings. The minimum atomic E-state index is -0.240. The Labute approximate surface area is 166 Å². The summed E-state index contributed by atoms with van der Waals surface area (Å²) < 4.78 is 7.55. The normalized spacial score (nSPS) is 12.9. The Hall–Kier alpha value is -2.78. The van der Waals surface area contributed by atoms with Gasteiger partial charge in [-0.25, -0.2) is 9.97 Å². The lowest BCUT2D eigenvalue weighted by Crippen LogP contribution is -2.26. The average molecular weight is 399 g/mol. The second-order valence-electron chi connectivity index (χ2n) is 6.76. The number of hydrogen-bond donors (Lipinski definition) is 2. The van der Waals surface area contributed by atoms with Gasteiger partial charge < -0.3 is 15.2 Å². The van der Waals surface area contributed by atoms with Crippen molar-refractivity contribution in [1.29, 1.82) is 0 Å². The van der Waals surface area contributed by atoms with Crippen molar-refractivity contribution in [3.05, 3.63) is 40.8 Å². The van der Waals surface area contributed by atoms with Crippen LogP contribution in [0.15, 0.2) is 24.5 Å². The van der Waals surface area contributed by atoms with Crippen molar-refractivity contribution in [1.82, 2.24) is 25.1 Å². The van der Waals surface area contributed by atoms with Crippen molar-refractivity contribution in [2.24, 2.45) is 0 Å². The first-order valence-electron chi connectivity index (χ1n) is 9.14. The molecule has 9 heteroatoms. The maximum atomic E-state index is 12.3. The van der Waals surface area contributed by atoms with Gasteiger partial charge in [-0.2, -0.15) is 4.68 Å². The number of aliphatic hydroxyl groups excluding tert-OH is 1. The topological polar surface area (TPSA) is 102 Å². The van der Waals surface area contributed by atoms with Crippen LogP contribution in [-0.4, -0.2) is 50.5 Å². The fraction of sp³-hybridized carbons (Fsp3) is 0.368. The van der Waals surface area contributed by atoms with Crippen LogP contribution < -0.4 is 10.1 Å². The Morgan fingerprint density at radius 2 is 2.29 bits per heavy atom. The molecule has 0 radical (unpaired) electrons. The van der Waals surface area contributed by atoms with Crippen molar-refractivity contribution in [2.75, 3.05) is 19.8 Å². The van der Waals surface area contributed by atoms with Gasteiger partial charge in [0.05, 0.1) is 18.9 Å². The van der Waals surface area contributed by atoms with Gasteiger partial charge in [-0.1, -0.05) is 25.2 Å². The van der Waals surface area contributed by atoms with Crippen LogP contribution >= 0.6 is 11.3 Å². The molecule has 1 aliphatic rings. The minimum Gasteiger partial charge on any atom is -0.493 e. The van der Waals surface area contributed by atoms with E-state index in [0.29, 0.717) is 17.9 Å². The lowest BCUT2D eigenvalue weighted by molar-refractivity contribution is 0.0945. The zero-order valence-corrected chi connectivity index (χ0v) is 16.5. The van der Waals surface area contributed by atoms with Crippen LogP contribution in [0.2, 0.25) is 0 Å². The number of carbonyl (C=O) groups excluding carboxylic acids is 1. The molecule has 0 spiro atoms. The molecule has 0 fully saturated rings. The molecule has 0 saturated carbocycles. The van der Waals surface area contributed by atoms with Gasteiger partial charge >= 0.3 is 0 Å². The SMILES string of the molecule is CC(C)c1ncn(-c2nc3c(s2)CCOc2ccc(C(=O)NCCO)cc2-3)n1. The van der Waals surface area contributed by atoms with Crippen molar-refractivity contribution in [3.8, 4) is 22.1 Å². The van der Waals surface area contributed by atoms with Crippen LogP contribution in [0.4, 0.5) is 0 Å². The summed E-state index contributed by atoms with van der Waals surface area (Å²) in [5.41, 5.74) is 2.10. The quantitative estimate of drug-likeness (QED) is 0.682. The predicted octanol–water partition coefficient (Wildman–Crippen LogP) is 2.17. The van der Waals surface area contributed by atoms with E-state index in [1.54, 1.807) is 40.5 Å². The molecule has 4 rings (SSSR count). The number of aliphatic hydroxyl groups is 1. The molecule has 1 aromatic carbocycles. The summed E-state index contributed by atoms with van der Waals surface area (Å²) in [4.78, 5) is 22.5. The number of carbonyl (C=O) groups is 1. The first-order valence-corrected chi connectivity index (χ1v) is 9.96. The molecule has 0 atom stereocenters. The van der Waals surface area contributed by atoms with E-state index < -0.39 is 0 Å². The first-order chi connectivity index (χ1) is 13.6. The van der Waals surface area contributed by atoms with Crippen LogP contribution in [0.25, 0.3) is 16.4 Å². The molecular formula is C19H21N5O3S. The number of nitrogens with zero attached hydrogens (tertiary/aromatic N) is 4. The third-order valence-corrected chi connectivity index (χ3v) is 5.49. The zero-order valence-electron chi connectivity index (χ0n) is 15.7. The molecule has 28 heavy (non-hydrogen) atoms. The van der Waals surface area contributed by atoms with Gasteiger partial charge in [-0.3, -0.25) is 4.79 Å². The fourth-order valence-electron chi connectivity index (χ4n) is 2.96. The number of benzene rings is 1. The van der Waals surface area contributed by atoms with Crippen LogP contribution in [0.3, 0.4) is 0 Å². The number of aromatic nitrogens is 4. The average Bonchev–Trinajstić information content (AvgIpc) is 3.30. The van der Waals surface area contributed by atoms with E-state index in [4.69, 9.17) is 14.8 Å². The molecule has 1 amide bonds. The number of fused-ring (bicyclic) bond motifs is 3. The van der Waals surface area contributed by atoms with Gasteiger partial charge in [0.15, 0.2) is 5.82 Å². The van der Waals surface area contributed by atoms with Crippen molar-refractivity contribution < 1.29 is 14.6 Å². The van der Waals surface area contributed by atoms with Crippen LogP contribution in [0, 0.1) is 0 Å². The molecule has 0 aliphatic carbocycles. The highest BCUT2D eigenvalue weighted by molar-refractivity contribution is 7.14. The Bertz CT molecular complexity index is 1010. The van der Waals surface area contributed by atoms with Gasteiger partial charge in [0, 0.05) is 34.9 Å². The predicted molar refractivity (Wildman–Crippen MR) is 105 cm³/mol. The van der Waals surface area contributed by atoms with E-state index in [-0.39, 0.29) is 25.0 Å². The van der Waals surface area contributed by atoms with E-state index >= 15 is 0 Å². The summed E-state index contributed by atoms with van der Waals surface area (Å²) in [6.45, 7) is 4.76. The second kappa shape index (κ2) is 7.69. The summed E-state index contributed by atoms with van der Waals surface area (Å²) in [7, 11) is 0. The van der Waals surface area contributed by atoms with E-state index in [1.807, 2.05) is 13.8 Å². The number of rotatable bonds is 5. The molecule has 2 aromatic heterocycles. The summed E-state index contributed by atoms with van der Waals surface area (Å²) in [6.07, 6.45) is 2.42. The number of hydrogen-bond acceptors (Lipinski definition) is 7. The number of amides is 1. The van der Waals surface area contributed by atoms with Crippen LogP contribution in [0.1, 0.15) is 40.8 Å². The largest absolute Gasteiger partial charge is 0.493 e. The number of thiazole rings is 1. The fourth-order valence-corrected chi connectivity index (χ4v) is 3.93. The third-order valence-electron chi connectivity index (χ3n) is 4.39. The van der Waals surface area contributed by atoms with Crippen LogP contribution in [0.5, 0.6) is 5.75 Å². The van der Waals surface area contributed by atoms with Crippen LogP contribution in [-0.2, 0) is 6.42 Å². The maximum absolute atomic E-state index is 12.3. The third kappa shape index (κ3) is 3.50. The molecule has 1 aliphatic heterocycles.